The molecule has 0 aliphatic carbocycles. The highest BCUT2D eigenvalue weighted by atomic mass is 19.1. The molecular formula is C11H14FNO2. The number of rotatable bonds is 3. The van der Waals surface area contributed by atoms with E-state index < -0.39 is 11.5 Å². The molecule has 0 aliphatic heterocycles. The normalized spacial score (nSPS) is 14.4. The van der Waals surface area contributed by atoms with Crippen molar-refractivity contribution in [1.29, 1.82) is 0 Å². The van der Waals surface area contributed by atoms with Crippen LogP contribution in [-0.4, -0.2) is 18.6 Å². The van der Waals surface area contributed by atoms with Gasteiger partial charge in [-0.15, -0.1) is 0 Å². The maximum Gasteiger partial charge on any atom is 0.325 e. The largest absolute Gasteiger partial charge is 0.468 e. The molecule has 0 spiro atoms. The molecule has 0 heterocycles. The van der Waals surface area contributed by atoms with Gasteiger partial charge in [-0.25, -0.2) is 4.39 Å². The molecule has 1 aromatic carbocycles. The van der Waals surface area contributed by atoms with Gasteiger partial charge in [-0.3, -0.25) is 4.79 Å². The van der Waals surface area contributed by atoms with Crippen LogP contribution in [0, 0.1) is 5.82 Å². The molecule has 1 rings (SSSR count). The second-order valence-electron chi connectivity index (χ2n) is 3.71. The number of halogens is 1. The summed E-state index contributed by atoms with van der Waals surface area (Å²) in [4.78, 5) is 11.3. The standard InChI is InChI=1S/C11H14FNO2/c1-11(13,10(14)15-2)7-8-3-5-9(12)6-4-8/h3-6H,7,13H2,1-2H3/t11-/m1/s1. The molecule has 0 bridgehead atoms. The van der Waals surface area contributed by atoms with Crippen molar-refractivity contribution >= 4 is 5.97 Å². The number of methoxy groups -OCH3 is 1. The van der Waals surface area contributed by atoms with Crippen molar-refractivity contribution in [3.63, 3.8) is 0 Å². The van der Waals surface area contributed by atoms with Crippen LogP contribution in [0.15, 0.2) is 24.3 Å². The second-order valence-corrected chi connectivity index (χ2v) is 3.71. The SMILES string of the molecule is COC(=O)[C@](C)(N)Cc1ccc(F)cc1. The Morgan fingerprint density at radius 3 is 2.47 bits per heavy atom. The molecule has 0 saturated heterocycles. The summed E-state index contributed by atoms with van der Waals surface area (Å²) in [6.07, 6.45) is 0.319. The van der Waals surface area contributed by atoms with Crippen LogP contribution in [0.2, 0.25) is 0 Å². The van der Waals surface area contributed by atoms with E-state index in [0.29, 0.717) is 6.42 Å². The van der Waals surface area contributed by atoms with Crippen molar-refractivity contribution < 1.29 is 13.9 Å². The molecule has 0 radical (unpaired) electrons. The lowest BCUT2D eigenvalue weighted by Gasteiger charge is -2.21. The van der Waals surface area contributed by atoms with Crippen molar-refractivity contribution in [3.05, 3.63) is 35.6 Å². The molecule has 0 unspecified atom stereocenters. The molecule has 1 atom stereocenters. The maximum absolute atomic E-state index is 12.6. The van der Waals surface area contributed by atoms with E-state index in [1.165, 1.54) is 19.2 Å². The van der Waals surface area contributed by atoms with Crippen molar-refractivity contribution in [2.75, 3.05) is 7.11 Å². The smallest absolute Gasteiger partial charge is 0.325 e. The van der Waals surface area contributed by atoms with E-state index in [0.717, 1.165) is 5.56 Å². The van der Waals surface area contributed by atoms with Gasteiger partial charge in [-0.05, 0) is 24.6 Å². The van der Waals surface area contributed by atoms with Gasteiger partial charge in [-0.1, -0.05) is 12.1 Å². The number of hydrogen-bond acceptors (Lipinski definition) is 3. The van der Waals surface area contributed by atoms with Crippen molar-refractivity contribution in [3.8, 4) is 0 Å². The lowest BCUT2D eigenvalue weighted by Crippen LogP contribution is -2.47. The Morgan fingerprint density at radius 2 is 2.00 bits per heavy atom. The predicted molar refractivity (Wildman–Crippen MR) is 54.7 cm³/mol. The summed E-state index contributed by atoms with van der Waals surface area (Å²) in [5, 5.41) is 0. The Balaban J connectivity index is 2.77. The number of carbonyl (C=O) groups excluding carboxylic acids is 1. The van der Waals surface area contributed by atoms with Crippen LogP contribution in [0.5, 0.6) is 0 Å². The van der Waals surface area contributed by atoms with Gasteiger partial charge in [0.2, 0.25) is 0 Å². The average molecular weight is 211 g/mol. The Bertz CT molecular complexity index is 346. The first-order valence-corrected chi connectivity index (χ1v) is 4.57. The number of hydrogen-bond donors (Lipinski definition) is 1. The van der Waals surface area contributed by atoms with Gasteiger partial charge in [0.1, 0.15) is 11.4 Å². The summed E-state index contributed by atoms with van der Waals surface area (Å²) in [7, 11) is 1.29. The Labute approximate surface area is 88.0 Å². The highest BCUT2D eigenvalue weighted by Crippen LogP contribution is 2.12. The summed E-state index contributed by atoms with van der Waals surface area (Å²) >= 11 is 0. The van der Waals surface area contributed by atoms with Gasteiger partial charge in [0, 0.05) is 6.42 Å². The zero-order chi connectivity index (χ0) is 11.5. The molecule has 3 nitrogen and oxygen atoms in total. The Hall–Kier alpha value is -1.42. The predicted octanol–water partition coefficient (Wildman–Crippen LogP) is 1.26. The minimum atomic E-state index is -1.08. The average Bonchev–Trinajstić information content (AvgIpc) is 2.20. The van der Waals surface area contributed by atoms with Gasteiger partial charge in [0.15, 0.2) is 0 Å². The Kier molecular flexibility index (Phi) is 3.42. The van der Waals surface area contributed by atoms with Crippen LogP contribution in [0.1, 0.15) is 12.5 Å². The number of ether oxygens (including phenoxy) is 1. The fourth-order valence-electron chi connectivity index (χ4n) is 1.33. The highest BCUT2D eigenvalue weighted by molar-refractivity contribution is 5.80. The number of benzene rings is 1. The van der Waals surface area contributed by atoms with E-state index in [2.05, 4.69) is 4.74 Å². The van der Waals surface area contributed by atoms with Crippen LogP contribution >= 0.6 is 0 Å². The lowest BCUT2D eigenvalue weighted by molar-refractivity contribution is -0.146. The summed E-state index contributed by atoms with van der Waals surface area (Å²) in [6.45, 7) is 1.59. The van der Waals surface area contributed by atoms with Crippen LogP contribution in [-0.2, 0) is 16.0 Å². The van der Waals surface area contributed by atoms with Gasteiger partial charge < -0.3 is 10.5 Å². The number of esters is 1. The molecule has 4 heteroatoms. The van der Waals surface area contributed by atoms with Crippen LogP contribution in [0.3, 0.4) is 0 Å². The molecular weight excluding hydrogens is 197 g/mol. The van der Waals surface area contributed by atoms with Crippen LogP contribution in [0.4, 0.5) is 4.39 Å². The van der Waals surface area contributed by atoms with E-state index in [9.17, 15) is 9.18 Å². The van der Waals surface area contributed by atoms with Gasteiger partial charge in [0.25, 0.3) is 0 Å². The van der Waals surface area contributed by atoms with Gasteiger partial charge in [0.05, 0.1) is 7.11 Å². The molecule has 0 amide bonds. The first-order valence-electron chi connectivity index (χ1n) is 4.57. The van der Waals surface area contributed by atoms with E-state index in [4.69, 9.17) is 5.73 Å². The van der Waals surface area contributed by atoms with Gasteiger partial charge in [-0.2, -0.15) is 0 Å². The minimum Gasteiger partial charge on any atom is -0.468 e. The van der Waals surface area contributed by atoms with Crippen LogP contribution < -0.4 is 5.73 Å². The zero-order valence-corrected chi connectivity index (χ0v) is 8.79. The first kappa shape index (κ1) is 11.7. The Morgan fingerprint density at radius 1 is 1.47 bits per heavy atom. The summed E-state index contributed by atoms with van der Waals surface area (Å²) < 4.78 is 17.2. The lowest BCUT2D eigenvalue weighted by atomic mass is 9.94. The maximum atomic E-state index is 12.6. The van der Waals surface area contributed by atoms with E-state index >= 15 is 0 Å². The third-order valence-corrected chi connectivity index (χ3v) is 2.14. The third-order valence-electron chi connectivity index (χ3n) is 2.14. The molecule has 0 saturated carbocycles. The first-order chi connectivity index (χ1) is 6.95. The summed E-state index contributed by atoms with van der Waals surface area (Å²) in [5.41, 5.74) is 5.49. The van der Waals surface area contributed by atoms with Crippen molar-refractivity contribution in [1.82, 2.24) is 0 Å². The second kappa shape index (κ2) is 4.40. The molecule has 0 aromatic heterocycles. The molecule has 1 aromatic rings. The molecule has 2 N–H and O–H groups in total. The van der Waals surface area contributed by atoms with Crippen molar-refractivity contribution in [2.24, 2.45) is 5.73 Å². The minimum absolute atomic E-state index is 0.310. The summed E-state index contributed by atoms with van der Waals surface area (Å²) in [6, 6.07) is 5.87. The van der Waals surface area contributed by atoms with Gasteiger partial charge >= 0.3 is 5.97 Å². The molecule has 0 fully saturated rings. The van der Waals surface area contributed by atoms with E-state index in [1.54, 1.807) is 19.1 Å². The zero-order valence-electron chi connectivity index (χ0n) is 8.79. The molecule has 15 heavy (non-hydrogen) atoms. The van der Waals surface area contributed by atoms with E-state index in [-0.39, 0.29) is 5.82 Å². The van der Waals surface area contributed by atoms with Crippen LogP contribution in [0.25, 0.3) is 0 Å². The monoisotopic (exact) mass is 211 g/mol. The molecule has 82 valence electrons. The number of carbonyl (C=O) groups is 1. The fraction of sp³-hybridized carbons (Fsp3) is 0.364. The highest BCUT2D eigenvalue weighted by Gasteiger charge is 2.29. The third kappa shape index (κ3) is 3.02. The number of nitrogens with two attached hydrogens (primary N) is 1. The van der Waals surface area contributed by atoms with Crippen molar-refractivity contribution in [2.45, 2.75) is 18.9 Å². The molecule has 0 aliphatic rings. The topological polar surface area (TPSA) is 52.3 Å². The fourth-order valence-corrected chi connectivity index (χ4v) is 1.33. The summed E-state index contributed by atoms with van der Waals surface area (Å²) in [5.74, 6) is -0.789. The van der Waals surface area contributed by atoms with E-state index in [1.807, 2.05) is 0 Å². The quantitative estimate of drug-likeness (QED) is 0.766.